The molecule has 3 N–H and O–H groups in total. The Morgan fingerprint density at radius 1 is 1.00 bits per heavy atom. The fourth-order valence-electron chi connectivity index (χ4n) is 6.43. The van der Waals surface area contributed by atoms with Crippen molar-refractivity contribution in [1.29, 1.82) is 0 Å². The molecule has 2 bridgehead atoms. The molecule has 232 valence electrons. The van der Waals surface area contributed by atoms with E-state index in [1.807, 2.05) is 42.7 Å². The summed E-state index contributed by atoms with van der Waals surface area (Å²) in [6.45, 7) is 14.7. The fraction of sp³-hybridized carbons (Fsp3) is 0.457. The molecule has 1 saturated carbocycles. The molecule has 3 aromatic rings. The van der Waals surface area contributed by atoms with Crippen LogP contribution in [0.3, 0.4) is 0 Å². The molecule has 9 heteroatoms. The number of carbonyl (C=O) groups excluding carboxylic acids is 2. The summed E-state index contributed by atoms with van der Waals surface area (Å²) in [7, 11) is 0. The highest BCUT2D eigenvalue weighted by molar-refractivity contribution is 7.14. The zero-order valence-corrected chi connectivity index (χ0v) is 27.3. The van der Waals surface area contributed by atoms with Crippen molar-refractivity contribution in [3.05, 3.63) is 75.7 Å². The molecule has 2 heterocycles. The summed E-state index contributed by atoms with van der Waals surface area (Å²) in [4.78, 5) is 48.6. The van der Waals surface area contributed by atoms with E-state index < -0.39 is 24.0 Å². The zero-order valence-electron chi connectivity index (χ0n) is 26.5. The Bertz CT molecular complexity index is 1600. The first kappa shape index (κ1) is 31.6. The molecule has 8 nitrogen and oxygen atoms in total. The highest BCUT2D eigenvalue weighted by Gasteiger charge is 2.57. The number of amides is 2. The van der Waals surface area contributed by atoms with Crippen LogP contribution < -0.4 is 10.6 Å². The number of benzene rings is 1. The Labute approximate surface area is 263 Å². The first-order valence-electron chi connectivity index (χ1n) is 15.2. The van der Waals surface area contributed by atoms with Crippen LogP contribution in [0.4, 0.5) is 0 Å². The highest BCUT2D eigenvalue weighted by Crippen LogP contribution is 2.67. The zero-order chi connectivity index (χ0) is 32.0. The molecule has 0 saturated heterocycles. The van der Waals surface area contributed by atoms with Gasteiger partial charge in [-0.15, -0.1) is 11.3 Å². The molecule has 0 spiro atoms. The molecule has 2 aliphatic carbocycles. The van der Waals surface area contributed by atoms with Gasteiger partial charge < -0.3 is 15.7 Å². The Morgan fingerprint density at radius 3 is 2.18 bits per heavy atom. The molecule has 1 unspecified atom stereocenters. The molecule has 44 heavy (non-hydrogen) atoms. The van der Waals surface area contributed by atoms with E-state index in [0.717, 1.165) is 21.6 Å². The number of nitrogens with zero attached hydrogens (tertiary/aromatic N) is 2. The largest absolute Gasteiger partial charge is 0.480 e. The summed E-state index contributed by atoms with van der Waals surface area (Å²) >= 11 is 1.38. The summed E-state index contributed by atoms with van der Waals surface area (Å²) in [5.41, 5.74) is 4.32. The third-order valence-corrected chi connectivity index (χ3v) is 11.3. The van der Waals surface area contributed by atoms with Crippen LogP contribution in [0.1, 0.15) is 87.0 Å². The molecule has 0 aliphatic heterocycles. The van der Waals surface area contributed by atoms with Crippen LogP contribution >= 0.6 is 11.3 Å². The van der Waals surface area contributed by atoms with Gasteiger partial charge in [0.15, 0.2) is 5.82 Å². The molecule has 1 fully saturated rings. The average molecular weight is 615 g/mol. The molecule has 2 aromatic heterocycles. The minimum absolute atomic E-state index is 0.106. The van der Waals surface area contributed by atoms with Gasteiger partial charge >= 0.3 is 5.97 Å². The topological polar surface area (TPSA) is 121 Å². The second-order valence-electron chi connectivity index (χ2n) is 14.0. The van der Waals surface area contributed by atoms with E-state index in [9.17, 15) is 19.5 Å². The predicted octanol–water partition coefficient (Wildman–Crippen LogP) is 6.27. The number of hydrogen-bond acceptors (Lipinski definition) is 6. The van der Waals surface area contributed by atoms with Gasteiger partial charge in [-0.3, -0.25) is 14.4 Å². The van der Waals surface area contributed by atoms with E-state index in [4.69, 9.17) is 0 Å². The van der Waals surface area contributed by atoms with E-state index in [2.05, 4.69) is 68.2 Å². The smallest absolute Gasteiger partial charge is 0.325 e. The Kier molecular flexibility index (Phi) is 8.31. The number of fused-ring (bicyclic) bond motifs is 2. The first-order chi connectivity index (χ1) is 20.6. The molecular formula is C35H42N4O4S. The lowest BCUT2D eigenvalue weighted by Crippen LogP contribution is -2.51. The molecular weight excluding hydrogens is 572 g/mol. The summed E-state index contributed by atoms with van der Waals surface area (Å²) in [5.74, 6) is -0.888. The monoisotopic (exact) mass is 614 g/mol. The Balaban J connectivity index is 1.31. The quantitative estimate of drug-likeness (QED) is 0.261. The van der Waals surface area contributed by atoms with Gasteiger partial charge in [0.1, 0.15) is 12.1 Å². The summed E-state index contributed by atoms with van der Waals surface area (Å²) in [6, 6.07) is 9.17. The number of carbonyl (C=O) groups is 3. The van der Waals surface area contributed by atoms with Crippen LogP contribution in [-0.2, 0) is 21.4 Å². The molecule has 5 rings (SSSR count). The fourth-order valence-corrected chi connectivity index (χ4v) is 7.40. The summed E-state index contributed by atoms with van der Waals surface area (Å²) < 4.78 is 0. The number of rotatable bonds is 9. The molecule has 1 aromatic carbocycles. The van der Waals surface area contributed by atoms with Gasteiger partial charge in [-0.2, -0.15) is 0 Å². The second kappa shape index (κ2) is 11.6. The Morgan fingerprint density at radius 2 is 1.66 bits per heavy atom. The van der Waals surface area contributed by atoms with Crippen LogP contribution in [0.15, 0.2) is 54.9 Å². The Hall–Kier alpha value is -3.85. The van der Waals surface area contributed by atoms with E-state index in [-0.39, 0.29) is 28.6 Å². The van der Waals surface area contributed by atoms with Crippen LogP contribution in [0.25, 0.3) is 17.0 Å². The lowest BCUT2D eigenvalue weighted by atomic mass is 9.66. The van der Waals surface area contributed by atoms with E-state index in [1.165, 1.54) is 36.7 Å². The van der Waals surface area contributed by atoms with Crippen molar-refractivity contribution in [3.8, 4) is 11.4 Å². The number of carboxylic acid groups (broad SMARTS) is 1. The van der Waals surface area contributed by atoms with Crippen molar-refractivity contribution in [1.82, 2.24) is 20.6 Å². The predicted molar refractivity (Wildman–Crippen MR) is 173 cm³/mol. The van der Waals surface area contributed by atoms with Crippen molar-refractivity contribution in [2.45, 2.75) is 85.2 Å². The van der Waals surface area contributed by atoms with Crippen LogP contribution in [-0.4, -0.2) is 44.9 Å². The first-order valence-corrected chi connectivity index (χ1v) is 16.0. The average Bonchev–Trinajstić information content (AvgIpc) is 3.61. The number of aliphatic carboxylic acids is 1. The molecule has 0 radical (unpaired) electrons. The van der Waals surface area contributed by atoms with Crippen molar-refractivity contribution in [3.63, 3.8) is 0 Å². The number of carboxylic acids is 1. The van der Waals surface area contributed by atoms with Crippen molar-refractivity contribution in [2.24, 2.45) is 16.7 Å². The third kappa shape index (κ3) is 5.94. The second-order valence-corrected chi connectivity index (χ2v) is 15.1. The van der Waals surface area contributed by atoms with Crippen LogP contribution in [0, 0.1) is 16.7 Å². The van der Waals surface area contributed by atoms with Gasteiger partial charge in [0, 0.05) is 34.8 Å². The van der Waals surface area contributed by atoms with E-state index in [0.29, 0.717) is 16.6 Å². The maximum Gasteiger partial charge on any atom is 0.325 e. The van der Waals surface area contributed by atoms with Gasteiger partial charge in [-0.05, 0) is 65.2 Å². The van der Waals surface area contributed by atoms with Crippen molar-refractivity contribution in [2.75, 3.05) is 0 Å². The summed E-state index contributed by atoms with van der Waals surface area (Å²) in [6.07, 6.45) is 8.85. The molecule has 2 amide bonds. The molecule has 2 aliphatic rings. The van der Waals surface area contributed by atoms with Crippen LogP contribution in [0.2, 0.25) is 0 Å². The van der Waals surface area contributed by atoms with Crippen molar-refractivity contribution < 1.29 is 19.5 Å². The van der Waals surface area contributed by atoms with Gasteiger partial charge in [0.25, 0.3) is 5.91 Å². The maximum absolute atomic E-state index is 13.2. The number of allylic oxidation sites excluding steroid dienone is 2. The lowest BCUT2D eigenvalue weighted by Gasteiger charge is -2.37. The maximum atomic E-state index is 13.2. The van der Waals surface area contributed by atoms with Gasteiger partial charge in [0.05, 0.1) is 4.88 Å². The summed E-state index contributed by atoms with van der Waals surface area (Å²) in [5, 5.41) is 14.6. The third-order valence-electron chi connectivity index (χ3n) is 9.80. The van der Waals surface area contributed by atoms with Gasteiger partial charge in [0.2, 0.25) is 5.91 Å². The highest BCUT2D eigenvalue weighted by atomic mass is 32.1. The normalized spacial score (nSPS) is 21.8. The standard InChI is InChI=1S/C35H42N4O4S/c1-20(32(42)43)38-30(40)26(39-31(41)27-12-13-28(44-27)33(2,3)4)16-21-8-10-22(11-9-21)29-36-18-23(19-37-29)25-17-24-14-15-35(25,7)34(24,5)6/h8-13,17-20,24,26H,14-16H2,1-7H3,(H,38,40)(H,39,41)(H,42,43)/t20-,24?,26+,35+/m1/s1. The van der Waals surface area contributed by atoms with Gasteiger partial charge in [-0.25, -0.2) is 9.97 Å². The SMILES string of the molecule is C[C@@H](NC(=O)[C@H](Cc1ccc(-c2ncc(C3=CC4CC[C@]3(C)C4(C)C)cn2)cc1)NC(=O)c1ccc(C(C)(C)C)s1)C(=O)O. The number of aromatic nitrogens is 2. The van der Waals surface area contributed by atoms with Crippen LogP contribution in [0.5, 0.6) is 0 Å². The number of thiophene rings is 1. The number of nitrogens with one attached hydrogen (secondary N) is 2. The van der Waals surface area contributed by atoms with E-state index >= 15 is 0 Å². The number of hydrogen-bond donors (Lipinski definition) is 3. The minimum Gasteiger partial charge on any atom is -0.480 e. The minimum atomic E-state index is -1.15. The van der Waals surface area contributed by atoms with Gasteiger partial charge in [-0.1, -0.05) is 71.9 Å². The molecule has 4 atom stereocenters. The van der Waals surface area contributed by atoms with Crippen molar-refractivity contribution >= 4 is 34.7 Å². The van der Waals surface area contributed by atoms with E-state index in [1.54, 1.807) is 6.07 Å². The lowest BCUT2D eigenvalue weighted by molar-refractivity contribution is -0.141.